The van der Waals surface area contributed by atoms with Gasteiger partial charge in [-0.25, -0.2) is 17.9 Å². The van der Waals surface area contributed by atoms with E-state index >= 15 is 0 Å². The molecule has 0 aliphatic carbocycles. The molecular weight excluding hydrogens is 292 g/mol. The van der Waals surface area contributed by atoms with E-state index in [1.165, 1.54) is 12.1 Å². The summed E-state index contributed by atoms with van der Waals surface area (Å²) in [6.45, 7) is 2.60. The number of benzene rings is 1. The average molecular weight is 314 g/mol. The van der Waals surface area contributed by atoms with Gasteiger partial charge in [0.15, 0.2) is 0 Å². The summed E-state index contributed by atoms with van der Waals surface area (Å²) in [5, 5.41) is 8.91. The molecule has 21 heavy (non-hydrogen) atoms. The van der Waals surface area contributed by atoms with Gasteiger partial charge in [0.1, 0.15) is 0 Å². The standard InChI is InChI=1S/C14H22N2O4S/c1-11(7-8-16(2)3)15-21(19,20)10-12-5-4-6-13(9-12)14(17)18/h4-6,9,11,15H,7-8,10H2,1-3H3,(H,17,18). The Morgan fingerprint density at radius 1 is 1.38 bits per heavy atom. The Morgan fingerprint density at radius 3 is 2.62 bits per heavy atom. The van der Waals surface area contributed by atoms with Gasteiger partial charge in [-0.05, 0) is 51.7 Å². The molecule has 1 rings (SSSR count). The van der Waals surface area contributed by atoms with E-state index in [1.54, 1.807) is 12.1 Å². The summed E-state index contributed by atoms with van der Waals surface area (Å²) in [4.78, 5) is 12.9. The van der Waals surface area contributed by atoms with Gasteiger partial charge in [0.25, 0.3) is 0 Å². The van der Waals surface area contributed by atoms with Crippen LogP contribution >= 0.6 is 0 Å². The Labute approximate surface area is 125 Å². The maximum Gasteiger partial charge on any atom is 0.335 e. The minimum atomic E-state index is -3.49. The molecule has 0 heterocycles. The van der Waals surface area contributed by atoms with Gasteiger partial charge in [-0.1, -0.05) is 12.1 Å². The fourth-order valence-corrected chi connectivity index (χ4v) is 3.31. The monoisotopic (exact) mass is 314 g/mol. The van der Waals surface area contributed by atoms with E-state index in [-0.39, 0.29) is 17.4 Å². The quantitative estimate of drug-likeness (QED) is 0.751. The molecule has 118 valence electrons. The fourth-order valence-electron chi connectivity index (χ4n) is 1.87. The van der Waals surface area contributed by atoms with Crippen LogP contribution in [0, 0.1) is 0 Å². The number of sulfonamides is 1. The van der Waals surface area contributed by atoms with Gasteiger partial charge in [-0.2, -0.15) is 0 Å². The Morgan fingerprint density at radius 2 is 2.05 bits per heavy atom. The molecule has 0 aromatic heterocycles. The number of nitrogens with one attached hydrogen (secondary N) is 1. The zero-order valence-electron chi connectivity index (χ0n) is 12.5. The van der Waals surface area contributed by atoms with E-state index in [2.05, 4.69) is 4.72 Å². The number of nitrogens with zero attached hydrogens (tertiary/aromatic N) is 1. The normalized spacial score (nSPS) is 13.3. The van der Waals surface area contributed by atoms with Gasteiger partial charge >= 0.3 is 5.97 Å². The molecule has 0 saturated heterocycles. The molecule has 1 aromatic rings. The topological polar surface area (TPSA) is 86.7 Å². The first kappa shape index (κ1) is 17.6. The lowest BCUT2D eigenvalue weighted by Gasteiger charge is -2.17. The van der Waals surface area contributed by atoms with E-state index in [0.29, 0.717) is 12.0 Å². The molecule has 6 nitrogen and oxygen atoms in total. The summed E-state index contributed by atoms with van der Waals surface area (Å²) < 4.78 is 26.7. The zero-order chi connectivity index (χ0) is 16.0. The first-order valence-electron chi connectivity index (χ1n) is 6.66. The molecule has 1 aromatic carbocycles. The van der Waals surface area contributed by atoms with Crippen LogP contribution in [0.15, 0.2) is 24.3 Å². The number of hydrogen-bond acceptors (Lipinski definition) is 4. The van der Waals surface area contributed by atoms with Gasteiger partial charge in [0.2, 0.25) is 10.0 Å². The van der Waals surface area contributed by atoms with Crippen molar-refractivity contribution in [2.45, 2.75) is 25.1 Å². The van der Waals surface area contributed by atoms with Crippen molar-refractivity contribution in [2.24, 2.45) is 0 Å². The highest BCUT2D eigenvalue weighted by molar-refractivity contribution is 7.88. The maximum atomic E-state index is 12.1. The van der Waals surface area contributed by atoms with Gasteiger partial charge < -0.3 is 10.0 Å². The van der Waals surface area contributed by atoms with Crippen molar-refractivity contribution < 1.29 is 18.3 Å². The zero-order valence-corrected chi connectivity index (χ0v) is 13.4. The first-order valence-corrected chi connectivity index (χ1v) is 8.32. The molecule has 1 unspecified atom stereocenters. The van der Waals surface area contributed by atoms with Crippen molar-refractivity contribution in [3.8, 4) is 0 Å². The third-order valence-corrected chi connectivity index (χ3v) is 4.40. The predicted molar refractivity (Wildman–Crippen MR) is 81.8 cm³/mol. The van der Waals surface area contributed by atoms with Crippen molar-refractivity contribution >= 4 is 16.0 Å². The lowest BCUT2D eigenvalue weighted by atomic mass is 10.1. The molecule has 0 fully saturated rings. The van der Waals surface area contributed by atoms with E-state index in [0.717, 1.165) is 6.54 Å². The summed E-state index contributed by atoms with van der Waals surface area (Å²) in [5.74, 6) is -1.29. The van der Waals surface area contributed by atoms with E-state index in [1.807, 2.05) is 25.9 Å². The molecule has 0 spiro atoms. The van der Waals surface area contributed by atoms with Gasteiger partial charge in [0.05, 0.1) is 11.3 Å². The third kappa shape index (κ3) is 6.70. The van der Waals surface area contributed by atoms with Crippen LogP contribution in [0.2, 0.25) is 0 Å². The van der Waals surface area contributed by atoms with Crippen LogP contribution in [0.25, 0.3) is 0 Å². The molecular formula is C14H22N2O4S. The highest BCUT2D eigenvalue weighted by Crippen LogP contribution is 2.09. The number of rotatable bonds is 8. The molecule has 2 N–H and O–H groups in total. The Hall–Kier alpha value is -1.44. The summed E-state index contributed by atoms with van der Waals surface area (Å²) in [6.07, 6.45) is 0.710. The second-order valence-corrected chi connectivity index (χ2v) is 7.13. The molecule has 0 saturated carbocycles. The van der Waals surface area contributed by atoms with Crippen LogP contribution < -0.4 is 4.72 Å². The number of aromatic carboxylic acids is 1. The van der Waals surface area contributed by atoms with Gasteiger partial charge in [0, 0.05) is 6.04 Å². The van der Waals surface area contributed by atoms with E-state index in [4.69, 9.17) is 5.11 Å². The number of carboxylic acid groups (broad SMARTS) is 1. The predicted octanol–water partition coefficient (Wildman–Crippen LogP) is 1.14. The number of hydrogen-bond donors (Lipinski definition) is 2. The fraction of sp³-hybridized carbons (Fsp3) is 0.500. The molecule has 1 atom stereocenters. The van der Waals surface area contributed by atoms with E-state index in [9.17, 15) is 13.2 Å². The lowest BCUT2D eigenvalue weighted by Crippen LogP contribution is -2.35. The van der Waals surface area contributed by atoms with Crippen LogP contribution in [0.1, 0.15) is 29.3 Å². The Bertz CT molecular complexity index is 584. The smallest absolute Gasteiger partial charge is 0.335 e. The summed E-state index contributed by atoms with van der Waals surface area (Å²) in [6, 6.07) is 5.80. The van der Waals surface area contributed by atoms with Crippen molar-refractivity contribution in [3.05, 3.63) is 35.4 Å². The first-order chi connectivity index (χ1) is 9.69. The highest BCUT2D eigenvalue weighted by atomic mass is 32.2. The Kier molecular flexibility index (Phi) is 6.32. The van der Waals surface area contributed by atoms with E-state index < -0.39 is 16.0 Å². The number of carbonyl (C=O) groups is 1. The van der Waals surface area contributed by atoms with Gasteiger partial charge in [-0.3, -0.25) is 0 Å². The second kappa shape index (κ2) is 7.53. The minimum absolute atomic E-state index is 0.0864. The molecule has 0 aliphatic heterocycles. The highest BCUT2D eigenvalue weighted by Gasteiger charge is 2.16. The largest absolute Gasteiger partial charge is 0.478 e. The van der Waals surface area contributed by atoms with Crippen molar-refractivity contribution in [1.82, 2.24) is 9.62 Å². The second-order valence-electron chi connectivity index (χ2n) is 5.38. The van der Waals surface area contributed by atoms with Crippen molar-refractivity contribution in [1.29, 1.82) is 0 Å². The van der Waals surface area contributed by atoms with Crippen LogP contribution in [0.3, 0.4) is 0 Å². The molecule has 0 amide bonds. The lowest BCUT2D eigenvalue weighted by molar-refractivity contribution is 0.0696. The summed E-state index contributed by atoms with van der Waals surface area (Å²) in [7, 11) is 0.373. The third-order valence-electron chi connectivity index (χ3n) is 2.92. The Balaban J connectivity index is 2.67. The summed E-state index contributed by atoms with van der Waals surface area (Å²) >= 11 is 0. The SMILES string of the molecule is CC(CCN(C)C)NS(=O)(=O)Cc1cccc(C(=O)O)c1. The van der Waals surface area contributed by atoms with Crippen LogP contribution in [-0.2, 0) is 15.8 Å². The summed E-state index contributed by atoms with van der Waals surface area (Å²) in [5.41, 5.74) is 0.547. The average Bonchev–Trinajstić information content (AvgIpc) is 2.35. The molecule has 0 aliphatic rings. The van der Waals surface area contributed by atoms with Gasteiger partial charge in [-0.15, -0.1) is 0 Å². The number of carboxylic acids is 1. The van der Waals surface area contributed by atoms with Crippen LogP contribution in [0.4, 0.5) is 0 Å². The van der Waals surface area contributed by atoms with Crippen molar-refractivity contribution in [3.63, 3.8) is 0 Å². The van der Waals surface area contributed by atoms with Crippen LogP contribution in [-0.4, -0.2) is 51.1 Å². The van der Waals surface area contributed by atoms with Crippen molar-refractivity contribution in [2.75, 3.05) is 20.6 Å². The molecule has 0 radical (unpaired) electrons. The van der Waals surface area contributed by atoms with Crippen LogP contribution in [0.5, 0.6) is 0 Å². The molecule has 7 heteroatoms. The molecule has 0 bridgehead atoms. The minimum Gasteiger partial charge on any atom is -0.478 e. The maximum absolute atomic E-state index is 12.1.